The highest BCUT2D eigenvalue weighted by molar-refractivity contribution is 9.10. The van der Waals surface area contributed by atoms with Gasteiger partial charge in [0.05, 0.1) is 16.0 Å². The number of H-pyrrole nitrogens is 1. The van der Waals surface area contributed by atoms with Crippen LogP contribution in [0.2, 0.25) is 0 Å². The lowest BCUT2D eigenvalue weighted by Crippen LogP contribution is -2.29. The second-order valence-electron chi connectivity index (χ2n) is 4.97. The average Bonchev–Trinajstić information content (AvgIpc) is 2.48. The van der Waals surface area contributed by atoms with Crippen LogP contribution in [0.1, 0.15) is 22.9 Å². The molecule has 1 aliphatic heterocycles. The molecule has 6 nitrogen and oxygen atoms in total. The van der Waals surface area contributed by atoms with Gasteiger partial charge in [0.1, 0.15) is 23.3 Å². The summed E-state index contributed by atoms with van der Waals surface area (Å²) in [6.45, 7) is 1.61. The fourth-order valence-corrected chi connectivity index (χ4v) is 2.89. The molecule has 8 heteroatoms. The molecule has 0 aliphatic carbocycles. The maximum absolute atomic E-state index is 13.5. The molecule has 1 aromatic heterocycles. The maximum Gasteiger partial charge on any atom is 0.258 e. The van der Waals surface area contributed by atoms with Crippen LogP contribution < -0.4 is 16.0 Å². The molecule has 1 aromatic carbocycles. The molecule has 0 bridgehead atoms. The second-order valence-corrected chi connectivity index (χ2v) is 5.82. The Kier molecular flexibility index (Phi) is 3.66. The fraction of sp³-hybridized carbons (Fsp3) is 0.133. The van der Waals surface area contributed by atoms with Gasteiger partial charge in [-0.15, -0.1) is 0 Å². The Morgan fingerprint density at radius 1 is 1.52 bits per heavy atom. The zero-order valence-corrected chi connectivity index (χ0v) is 13.4. The molecule has 2 heterocycles. The Bertz CT molecular complexity index is 945. The van der Waals surface area contributed by atoms with Crippen LogP contribution in [-0.4, -0.2) is 9.97 Å². The van der Waals surface area contributed by atoms with Crippen molar-refractivity contribution in [3.8, 4) is 11.9 Å². The Morgan fingerprint density at radius 3 is 2.91 bits per heavy atom. The average molecular weight is 377 g/mol. The van der Waals surface area contributed by atoms with Crippen LogP contribution in [0.3, 0.4) is 0 Å². The van der Waals surface area contributed by atoms with Gasteiger partial charge in [0.2, 0.25) is 11.8 Å². The molecular formula is C15H10BrFN4O2. The van der Waals surface area contributed by atoms with Crippen molar-refractivity contribution < 1.29 is 9.13 Å². The van der Waals surface area contributed by atoms with Gasteiger partial charge < -0.3 is 15.5 Å². The van der Waals surface area contributed by atoms with Crippen molar-refractivity contribution in [1.82, 2.24) is 9.97 Å². The van der Waals surface area contributed by atoms with E-state index >= 15 is 0 Å². The van der Waals surface area contributed by atoms with Gasteiger partial charge in [0.25, 0.3) is 5.56 Å². The molecule has 3 rings (SSSR count). The van der Waals surface area contributed by atoms with E-state index in [-0.39, 0.29) is 27.4 Å². The molecule has 1 atom stereocenters. The van der Waals surface area contributed by atoms with Gasteiger partial charge >= 0.3 is 0 Å². The quantitative estimate of drug-likeness (QED) is 0.793. The van der Waals surface area contributed by atoms with Crippen LogP contribution in [0.4, 0.5) is 4.39 Å². The number of hydrogen-bond donors (Lipinski definition) is 2. The first kappa shape index (κ1) is 15.2. The Balaban J connectivity index is 2.31. The molecule has 23 heavy (non-hydrogen) atoms. The molecule has 0 unspecified atom stereocenters. The number of nitriles is 1. The highest BCUT2D eigenvalue weighted by atomic mass is 79.9. The zero-order valence-electron chi connectivity index (χ0n) is 11.9. The molecule has 116 valence electrons. The molecule has 1 aliphatic rings. The number of benzene rings is 1. The smallest absolute Gasteiger partial charge is 0.258 e. The van der Waals surface area contributed by atoms with Crippen LogP contribution in [0.25, 0.3) is 0 Å². The summed E-state index contributed by atoms with van der Waals surface area (Å²) in [6.07, 6.45) is 0. The summed E-state index contributed by atoms with van der Waals surface area (Å²) in [6, 6.07) is 6.19. The van der Waals surface area contributed by atoms with E-state index in [0.29, 0.717) is 11.4 Å². The molecule has 3 N–H and O–H groups in total. The van der Waals surface area contributed by atoms with Gasteiger partial charge in [0, 0.05) is 0 Å². The van der Waals surface area contributed by atoms with E-state index in [1.54, 1.807) is 6.92 Å². The number of halogens is 2. The summed E-state index contributed by atoms with van der Waals surface area (Å²) in [4.78, 5) is 19.1. The predicted octanol–water partition coefficient (Wildman–Crippen LogP) is 2.20. The van der Waals surface area contributed by atoms with E-state index in [1.165, 1.54) is 18.2 Å². The van der Waals surface area contributed by atoms with E-state index in [2.05, 4.69) is 25.9 Å². The fourth-order valence-electron chi connectivity index (χ4n) is 2.49. The summed E-state index contributed by atoms with van der Waals surface area (Å²) in [5, 5.41) is 9.40. The molecule has 2 aromatic rings. The van der Waals surface area contributed by atoms with Crippen molar-refractivity contribution in [1.29, 1.82) is 5.26 Å². The van der Waals surface area contributed by atoms with E-state index in [4.69, 9.17) is 10.5 Å². The van der Waals surface area contributed by atoms with Crippen molar-refractivity contribution in [2.45, 2.75) is 12.8 Å². The van der Waals surface area contributed by atoms with Crippen molar-refractivity contribution in [2.24, 2.45) is 5.73 Å². The lowest BCUT2D eigenvalue weighted by atomic mass is 9.85. The summed E-state index contributed by atoms with van der Waals surface area (Å²) >= 11 is 3.10. The third-order valence-corrected chi connectivity index (χ3v) is 4.09. The number of ether oxygens (including phenoxy) is 1. The normalized spacial score (nSPS) is 16.5. The third kappa shape index (κ3) is 2.49. The standard InChI is InChI=1S/C15H10BrFN4O2/c1-6-20-14(22)12-11(7-2-3-10(17)9(16)4-7)8(5-18)13(19)23-15(12)21-6/h2-4,11H,19H2,1H3,(H,20,21,22)/t11-/m0/s1. The molecule has 0 saturated heterocycles. The highest BCUT2D eigenvalue weighted by Gasteiger charge is 2.34. The van der Waals surface area contributed by atoms with Crippen LogP contribution >= 0.6 is 15.9 Å². The van der Waals surface area contributed by atoms with E-state index < -0.39 is 17.3 Å². The Morgan fingerprint density at radius 2 is 2.26 bits per heavy atom. The predicted molar refractivity (Wildman–Crippen MR) is 83.0 cm³/mol. The minimum atomic E-state index is -0.780. The summed E-state index contributed by atoms with van der Waals surface area (Å²) in [5.41, 5.74) is 6.13. The van der Waals surface area contributed by atoms with Crippen molar-refractivity contribution in [3.05, 3.63) is 67.3 Å². The van der Waals surface area contributed by atoms with E-state index in [0.717, 1.165) is 0 Å². The number of aryl methyl sites for hydroxylation is 1. The molecule has 0 fully saturated rings. The lowest BCUT2D eigenvalue weighted by Gasteiger charge is -2.24. The molecule has 0 saturated carbocycles. The summed E-state index contributed by atoms with van der Waals surface area (Å²) in [7, 11) is 0. The number of aromatic nitrogens is 2. The first-order valence-corrected chi connectivity index (χ1v) is 7.35. The topological polar surface area (TPSA) is 105 Å². The van der Waals surface area contributed by atoms with Gasteiger partial charge in [0.15, 0.2) is 0 Å². The van der Waals surface area contributed by atoms with Gasteiger partial charge in [-0.2, -0.15) is 10.2 Å². The second kappa shape index (κ2) is 5.52. The number of rotatable bonds is 1. The summed E-state index contributed by atoms with van der Waals surface area (Å²) in [5.74, 6) is -0.943. The minimum Gasteiger partial charge on any atom is -0.422 e. The van der Waals surface area contributed by atoms with E-state index in [9.17, 15) is 14.4 Å². The number of aromatic amines is 1. The molecule has 0 radical (unpaired) electrons. The largest absolute Gasteiger partial charge is 0.422 e. The van der Waals surface area contributed by atoms with Crippen LogP contribution in [-0.2, 0) is 0 Å². The monoisotopic (exact) mass is 376 g/mol. The molecule has 0 spiro atoms. The molecule has 0 amide bonds. The van der Waals surface area contributed by atoms with Crippen molar-refractivity contribution >= 4 is 15.9 Å². The van der Waals surface area contributed by atoms with Crippen LogP contribution in [0.5, 0.6) is 5.88 Å². The van der Waals surface area contributed by atoms with Gasteiger partial charge in [-0.1, -0.05) is 6.07 Å². The van der Waals surface area contributed by atoms with Crippen LogP contribution in [0, 0.1) is 24.1 Å². The highest BCUT2D eigenvalue weighted by Crippen LogP contribution is 2.39. The van der Waals surface area contributed by atoms with Crippen molar-refractivity contribution in [2.75, 3.05) is 0 Å². The lowest BCUT2D eigenvalue weighted by molar-refractivity contribution is 0.373. The van der Waals surface area contributed by atoms with Gasteiger partial charge in [-0.3, -0.25) is 4.79 Å². The summed E-state index contributed by atoms with van der Waals surface area (Å²) < 4.78 is 19.0. The number of hydrogen-bond acceptors (Lipinski definition) is 5. The van der Waals surface area contributed by atoms with Gasteiger partial charge in [-0.05, 0) is 40.5 Å². The maximum atomic E-state index is 13.5. The first-order valence-electron chi connectivity index (χ1n) is 6.55. The minimum absolute atomic E-state index is 0.0493. The molecular weight excluding hydrogens is 367 g/mol. The zero-order chi connectivity index (χ0) is 16.7. The first-order chi connectivity index (χ1) is 10.9. The van der Waals surface area contributed by atoms with Crippen LogP contribution in [0.15, 0.2) is 38.9 Å². The van der Waals surface area contributed by atoms with Crippen molar-refractivity contribution in [3.63, 3.8) is 0 Å². The third-order valence-electron chi connectivity index (χ3n) is 3.49. The Labute approximate surface area is 138 Å². The number of allylic oxidation sites excluding steroid dienone is 1. The number of nitrogens with two attached hydrogens (primary N) is 1. The van der Waals surface area contributed by atoms with E-state index in [1.807, 2.05) is 6.07 Å². The van der Waals surface area contributed by atoms with Gasteiger partial charge in [-0.25, -0.2) is 4.39 Å². The number of nitrogens with zero attached hydrogens (tertiary/aromatic N) is 2. The SMILES string of the molecule is Cc1nc2c(c(=O)[nH]1)[C@@H](c1ccc(F)c(Br)c1)C(C#N)=C(N)O2. The Hall–Kier alpha value is -2.66. The number of fused-ring (bicyclic) bond motifs is 1. The number of nitrogens with one attached hydrogen (secondary N) is 1.